The van der Waals surface area contributed by atoms with E-state index in [2.05, 4.69) is 34.3 Å². The first-order chi connectivity index (χ1) is 8.91. The Morgan fingerprint density at radius 1 is 1.16 bits per heavy atom. The number of hydrogen-bond acceptors (Lipinski definition) is 2. The van der Waals surface area contributed by atoms with E-state index in [1.165, 1.54) is 0 Å². The molecule has 0 aliphatic rings. The standard InChI is InChI=1S/C16H32O2Si/c1-8-13(6)16(14(7)15(17)9-2)18-19(10-3,11-4)12-5/h8,13-14,16H,1,9-12H2,2-7H3/t13-,14-,16-/m0/s1. The number of carbonyl (C=O) groups excluding carboxylic acids is 1. The minimum atomic E-state index is -1.68. The van der Waals surface area contributed by atoms with Crippen LogP contribution in [0.15, 0.2) is 12.7 Å². The van der Waals surface area contributed by atoms with Gasteiger partial charge >= 0.3 is 0 Å². The highest BCUT2D eigenvalue weighted by Crippen LogP contribution is 2.30. The molecule has 0 rings (SSSR count). The molecule has 112 valence electrons. The molecule has 0 aliphatic carbocycles. The molecule has 0 N–H and O–H groups in total. The van der Waals surface area contributed by atoms with Gasteiger partial charge in [0, 0.05) is 12.3 Å². The first kappa shape index (κ1) is 18.6. The van der Waals surface area contributed by atoms with Gasteiger partial charge < -0.3 is 4.43 Å². The second-order valence-corrected chi connectivity index (χ2v) is 10.3. The zero-order valence-corrected chi connectivity index (χ0v) is 14.7. The highest BCUT2D eigenvalue weighted by molar-refractivity contribution is 6.73. The number of rotatable bonds is 10. The van der Waals surface area contributed by atoms with E-state index in [1.54, 1.807) is 0 Å². The normalized spacial score (nSPS) is 16.7. The number of Topliss-reactive ketones (excluding diaryl/α,β-unsaturated/α-hetero) is 1. The lowest BCUT2D eigenvalue weighted by Crippen LogP contribution is -2.45. The van der Waals surface area contributed by atoms with Gasteiger partial charge in [-0.2, -0.15) is 0 Å². The summed E-state index contributed by atoms with van der Waals surface area (Å²) < 4.78 is 6.57. The SMILES string of the molecule is C=C[C@H](C)[C@H](O[Si](CC)(CC)CC)[C@@H](C)C(=O)CC. The maximum atomic E-state index is 12.0. The van der Waals surface area contributed by atoms with E-state index in [-0.39, 0.29) is 17.9 Å². The van der Waals surface area contributed by atoms with Crippen LogP contribution in [0.4, 0.5) is 0 Å². The Morgan fingerprint density at radius 2 is 1.63 bits per heavy atom. The molecule has 0 aromatic heterocycles. The molecule has 0 amide bonds. The Balaban J connectivity index is 5.15. The predicted octanol–water partition coefficient (Wildman–Crippen LogP) is 4.81. The smallest absolute Gasteiger partial charge is 0.192 e. The van der Waals surface area contributed by atoms with E-state index in [9.17, 15) is 4.79 Å². The molecule has 0 aliphatic heterocycles. The summed E-state index contributed by atoms with van der Waals surface area (Å²) in [4.78, 5) is 12.0. The third kappa shape index (κ3) is 4.88. The van der Waals surface area contributed by atoms with Gasteiger partial charge in [-0.05, 0) is 24.1 Å². The maximum absolute atomic E-state index is 12.0. The molecule has 0 fully saturated rings. The zero-order valence-electron chi connectivity index (χ0n) is 13.7. The average molecular weight is 285 g/mol. The lowest BCUT2D eigenvalue weighted by Gasteiger charge is -2.37. The van der Waals surface area contributed by atoms with Gasteiger partial charge in [0.05, 0.1) is 6.10 Å². The Kier molecular flexibility index (Phi) is 8.51. The van der Waals surface area contributed by atoms with Crippen LogP contribution >= 0.6 is 0 Å². The summed E-state index contributed by atoms with van der Waals surface area (Å²) in [6.07, 6.45) is 2.50. The summed E-state index contributed by atoms with van der Waals surface area (Å²) in [5, 5.41) is 0. The van der Waals surface area contributed by atoms with Crippen molar-refractivity contribution in [3.8, 4) is 0 Å². The van der Waals surface area contributed by atoms with Crippen LogP contribution in [0.5, 0.6) is 0 Å². The van der Waals surface area contributed by atoms with Crippen molar-refractivity contribution in [2.24, 2.45) is 11.8 Å². The molecule has 0 heterocycles. The summed E-state index contributed by atoms with van der Waals surface area (Å²) in [7, 11) is -1.68. The van der Waals surface area contributed by atoms with E-state index >= 15 is 0 Å². The van der Waals surface area contributed by atoms with Gasteiger partial charge in [0.15, 0.2) is 8.32 Å². The third-order valence-corrected chi connectivity index (χ3v) is 9.20. The lowest BCUT2D eigenvalue weighted by atomic mass is 9.89. The Labute approximate surface area is 120 Å². The molecule has 0 aromatic rings. The van der Waals surface area contributed by atoms with Crippen molar-refractivity contribution in [1.29, 1.82) is 0 Å². The zero-order chi connectivity index (χ0) is 15.1. The number of hydrogen-bond donors (Lipinski definition) is 0. The maximum Gasteiger partial charge on any atom is 0.192 e. The highest BCUT2D eigenvalue weighted by Gasteiger charge is 2.37. The third-order valence-electron chi connectivity index (χ3n) is 4.56. The minimum Gasteiger partial charge on any atom is -0.413 e. The largest absolute Gasteiger partial charge is 0.413 e. The second-order valence-electron chi connectivity index (χ2n) is 5.53. The van der Waals surface area contributed by atoms with Crippen molar-refractivity contribution in [3.63, 3.8) is 0 Å². The fourth-order valence-electron chi connectivity index (χ4n) is 2.59. The lowest BCUT2D eigenvalue weighted by molar-refractivity contribution is -0.125. The van der Waals surface area contributed by atoms with E-state index in [1.807, 2.05) is 19.9 Å². The van der Waals surface area contributed by atoms with Crippen LogP contribution in [0.25, 0.3) is 0 Å². The van der Waals surface area contributed by atoms with Crippen LogP contribution in [0.3, 0.4) is 0 Å². The molecule has 3 heteroatoms. The van der Waals surface area contributed by atoms with Gasteiger partial charge in [-0.25, -0.2) is 0 Å². The number of ketones is 1. The fourth-order valence-corrected chi connectivity index (χ4v) is 5.59. The molecule has 0 unspecified atom stereocenters. The Bertz CT molecular complexity index is 276. The summed E-state index contributed by atoms with van der Waals surface area (Å²) in [5.41, 5.74) is 0. The predicted molar refractivity (Wildman–Crippen MR) is 85.9 cm³/mol. The molecule has 0 saturated carbocycles. The van der Waals surface area contributed by atoms with Crippen molar-refractivity contribution in [2.75, 3.05) is 0 Å². The molecule has 0 bridgehead atoms. The molecule has 0 spiro atoms. The van der Waals surface area contributed by atoms with Gasteiger partial charge in [-0.3, -0.25) is 4.79 Å². The van der Waals surface area contributed by atoms with Crippen molar-refractivity contribution >= 4 is 14.1 Å². The van der Waals surface area contributed by atoms with E-state index < -0.39 is 8.32 Å². The Hall–Kier alpha value is -0.413. The van der Waals surface area contributed by atoms with E-state index in [4.69, 9.17) is 4.43 Å². The topological polar surface area (TPSA) is 26.3 Å². The van der Waals surface area contributed by atoms with Crippen molar-refractivity contribution in [1.82, 2.24) is 0 Å². The summed E-state index contributed by atoms with van der Waals surface area (Å²) in [5.74, 6) is 0.487. The molecule has 0 aromatic carbocycles. The van der Waals surface area contributed by atoms with Crippen molar-refractivity contribution in [3.05, 3.63) is 12.7 Å². The molecule has 19 heavy (non-hydrogen) atoms. The molecule has 2 nitrogen and oxygen atoms in total. The fraction of sp³-hybridized carbons (Fsp3) is 0.812. The summed E-state index contributed by atoms with van der Waals surface area (Å²) >= 11 is 0. The first-order valence-corrected chi connectivity index (χ1v) is 10.3. The van der Waals surface area contributed by atoms with Crippen LogP contribution < -0.4 is 0 Å². The van der Waals surface area contributed by atoms with Crippen LogP contribution in [-0.2, 0) is 9.22 Å². The van der Waals surface area contributed by atoms with E-state index in [0.717, 1.165) is 18.1 Å². The quantitative estimate of drug-likeness (QED) is 0.425. The van der Waals surface area contributed by atoms with Crippen molar-refractivity contribution < 1.29 is 9.22 Å². The Morgan fingerprint density at radius 3 is 1.95 bits per heavy atom. The van der Waals surface area contributed by atoms with Gasteiger partial charge in [0.25, 0.3) is 0 Å². The first-order valence-electron chi connectivity index (χ1n) is 7.74. The van der Waals surface area contributed by atoms with Gasteiger partial charge in [0.2, 0.25) is 0 Å². The molecule has 0 radical (unpaired) electrons. The minimum absolute atomic E-state index is 0.00327. The van der Waals surface area contributed by atoms with Crippen LogP contribution in [0.1, 0.15) is 48.0 Å². The molecule has 3 atom stereocenters. The van der Waals surface area contributed by atoms with Gasteiger partial charge in [-0.1, -0.05) is 47.6 Å². The van der Waals surface area contributed by atoms with E-state index in [0.29, 0.717) is 12.2 Å². The monoisotopic (exact) mass is 284 g/mol. The van der Waals surface area contributed by atoms with Crippen LogP contribution in [0, 0.1) is 11.8 Å². The summed E-state index contributed by atoms with van der Waals surface area (Å²) in [6, 6.07) is 3.36. The molecular formula is C16H32O2Si. The van der Waals surface area contributed by atoms with Gasteiger partial charge in [-0.15, -0.1) is 6.58 Å². The molecular weight excluding hydrogens is 252 g/mol. The highest BCUT2D eigenvalue weighted by atomic mass is 28.4. The van der Waals surface area contributed by atoms with Gasteiger partial charge in [0.1, 0.15) is 5.78 Å². The summed E-state index contributed by atoms with van der Waals surface area (Å²) in [6.45, 7) is 16.6. The number of carbonyl (C=O) groups is 1. The van der Waals surface area contributed by atoms with Crippen LogP contribution in [0.2, 0.25) is 18.1 Å². The van der Waals surface area contributed by atoms with Crippen LogP contribution in [-0.4, -0.2) is 20.2 Å². The molecule has 0 saturated heterocycles. The average Bonchev–Trinajstić information content (AvgIpc) is 2.47. The van der Waals surface area contributed by atoms with Crippen molar-refractivity contribution in [2.45, 2.75) is 72.2 Å². The second kappa shape index (κ2) is 8.70.